The third kappa shape index (κ3) is 2.24. The first kappa shape index (κ1) is 8.09. The van der Waals surface area contributed by atoms with Gasteiger partial charge in [-0.1, -0.05) is 5.92 Å². The van der Waals surface area contributed by atoms with Crippen molar-refractivity contribution in [2.45, 2.75) is 18.9 Å². The van der Waals surface area contributed by atoms with Crippen molar-refractivity contribution in [2.75, 3.05) is 13.1 Å². The van der Waals surface area contributed by atoms with Gasteiger partial charge in [-0.2, -0.15) is 0 Å². The van der Waals surface area contributed by atoms with Crippen molar-refractivity contribution < 1.29 is 4.79 Å². The molecule has 1 heterocycles. The highest BCUT2D eigenvalue weighted by Gasteiger charge is 2.20. The van der Waals surface area contributed by atoms with Crippen LogP contribution in [0.15, 0.2) is 0 Å². The van der Waals surface area contributed by atoms with Crippen LogP contribution in [0.3, 0.4) is 0 Å². The summed E-state index contributed by atoms with van der Waals surface area (Å²) in [5.41, 5.74) is 0. The lowest BCUT2D eigenvalue weighted by molar-refractivity contribution is -0.122. The number of amides is 1. The average Bonchev–Trinajstić information content (AvgIpc) is 2.52. The molecular formula is C8H12N2O. The number of rotatable bonds is 2. The minimum atomic E-state index is -0.0108. The first-order valence-electron chi connectivity index (χ1n) is 3.79. The largest absolute Gasteiger partial charge is 0.344 e. The van der Waals surface area contributed by atoms with Crippen LogP contribution in [0.1, 0.15) is 12.8 Å². The van der Waals surface area contributed by atoms with Crippen molar-refractivity contribution in [1.82, 2.24) is 10.6 Å². The van der Waals surface area contributed by atoms with Crippen molar-refractivity contribution >= 4 is 5.91 Å². The summed E-state index contributed by atoms with van der Waals surface area (Å²) < 4.78 is 0. The van der Waals surface area contributed by atoms with Crippen LogP contribution in [0.5, 0.6) is 0 Å². The third-order valence-corrected chi connectivity index (χ3v) is 1.74. The van der Waals surface area contributed by atoms with E-state index in [4.69, 9.17) is 6.42 Å². The Kier molecular flexibility index (Phi) is 2.94. The van der Waals surface area contributed by atoms with Crippen molar-refractivity contribution in [2.24, 2.45) is 0 Å². The summed E-state index contributed by atoms with van der Waals surface area (Å²) in [6, 6.07) is -0.0108. The maximum absolute atomic E-state index is 11.1. The number of nitrogens with one attached hydrogen (secondary N) is 2. The average molecular weight is 152 g/mol. The van der Waals surface area contributed by atoms with Gasteiger partial charge in [-0.25, -0.2) is 0 Å². The standard InChI is InChI=1S/C8H12N2O/c1-2-5-10-8(11)7-4-3-6-9-7/h1,7,9H,3-6H2,(H,10,11). The van der Waals surface area contributed by atoms with E-state index in [0.29, 0.717) is 6.54 Å². The molecule has 3 heteroatoms. The molecule has 0 spiro atoms. The number of terminal acetylenes is 1. The van der Waals surface area contributed by atoms with Gasteiger partial charge in [0.2, 0.25) is 5.91 Å². The quantitative estimate of drug-likeness (QED) is 0.523. The van der Waals surface area contributed by atoms with Crippen LogP contribution >= 0.6 is 0 Å². The van der Waals surface area contributed by atoms with E-state index in [9.17, 15) is 4.79 Å². The summed E-state index contributed by atoms with van der Waals surface area (Å²) in [6.07, 6.45) is 6.99. The molecule has 0 aromatic carbocycles. The van der Waals surface area contributed by atoms with Gasteiger partial charge in [-0.3, -0.25) is 4.79 Å². The van der Waals surface area contributed by atoms with Crippen molar-refractivity contribution in [3.63, 3.8) is 0 Å². The van der Waals surface area contributed by atoms with Gasteiger partial charge >= 0.3 is 0 Å². The van der Waals surface area contributed by atoms with Crippen LogP contribution in [0.25, 0.3) is 0 Å². The molecule has 0 aliphatic carbocycles. The highest BCUT2D eigenvalue weighted by molar-refractivity contribution is 5.82. The summed E-state index contributed by atoms with van der Waals surface area (Å²) in [5.74, 6) is 2.39. The molecule has 1 unspecified atom stereocenters. The lowest BCUT2D eigenvalue weighted by atomic mass is 10.2. The monoisotopic (exact) mass is 152 g/mol. The zero-order valence-electron chi connectivity index (χ0n) is 6.39. The van der Waals surface area contributed by atoms with Gasteiger partial charge in [0, 0.05) is 0 Å². The van der Waals surface area contributed by atoms with Gasteiger partial charge in [0.25, 0.3) is 0 Å². The lowest BCUT2D eigenvalue weighted by Crippen LogP contribution is -2.40. The third-order valence-electron chi connectivity index (χ3n) is 1.74. The lowest BCUT2D eigenvalue weighted by Gasteiger charge is -2.07. The molecule has 1 rings (SSSR count). The molecule has 3 nitrogen and oxygen atoms in total. The molecule has 0 bridgehead atoms. The SMILES string of the molecule is C#CCNC(=O)C1CCCN1. The molecule has 1 saturated heterocycles. The predicted molar refractivity (Wildman–Crippen MR) is 42.9 cm³/mol. The molecule has 1 aliphatic heterocycles. The van der Waals surface area contributed by atoms with E-state index in [0.717, 1.165) is 19.4 Å². The first-order chi connectivity index (χ1) is 5.34. The fourth-order valence-corrected chi connectivity index (χ4v) is 1.17. The molecule has 0 saturated carbocycles. The second kappa shape index (κ2) is 3.99. The Morgan fingerprint density at radius 3 is 3.18 bits per heavy atom. The minimum absolute atomic E-state index is 0.0108. The van der Waals surface area contributed by atoms with Crippen LogP contribution in [0.2, 0.25) is 0 Å². The Bertz CT molecular complexity index is 177. The fraction of sp³-hybridized carbons (Fsp3) is 0.625. The smallest absolute Gasteiger partial charge is 0.237 e. The fourth-order valence-electron chi connectivity index (χ4n) is 1.17. The Morgan fingerprint density at radius 2 is 2.64 bits per heavy atom. The number of carbonyl (C=O) groups excluding carboxylic acids is 1. The van der Waals surface area contributed by atoms with E-state index in [2.05, 4.69) is 16.6 Å². The molecule has 0 radical (unpaired) electrons. The first-order valence-corrected chi connectivity index (χ1v) is 3.79. The maximum Gasteiger partial charge on any atom is 0.237 e. The molecule has 0 aromatic heterocycles. The summed E-state index contributed by atoms with van der Waals surface area (Å²) >= 11 is 0. The van der Waals surface area contributed by atoms with Gasteiger partial charge < -0.3 is 10.6 Å². The molecule has 1 aliphatic rings. The molecule has 11 heavy (non-hydrogen) atoms. The van der Waals surface area contributed by atoms with E-state index in [1.165, 1.54) is 0 Å². The van der Waals surface area contributed by atoms with Crippen LogP contribution in [0, 0.1) is 12.3 Å². The van der Waals surface area contributed by atoms with Crippen LogP contribution in [-0.4, -0.2) is 25.0 Å². The Morgan fingerprint density at radius 1 is 1.82 bits per heavy atom. The molecule has 2 N–H and O–H groups in total. The predicted octanol–water partition coefficient (Wildman–Crippen LogP) is -0.512. The Balaban J connectivity index is 2.24. The van der Waals surface area contributed by atoms with Gasteiger partial charge in [0.1, 0.15) is 0 Å². The van der Waals surface area contributed by atoms with Gasteiger partial charge in [0.05, 0.1) is 12.6 Å². The van der Waals surface area contributed by atoms with E-state index >= 15 is 0 Å². The van der Waals surface area contributed by atoms with Gasteiger partial charge in [-0.05, 0) is 19.4 Å². The van der Waals surface area contributed by atoms with Gasteiger partial charge in [-0.15, -0.1) is 6.42 Å². The minimum Gasteiger partial charge on any atom is -0.344 e. The molecule has 1 amide bonds. The highest BCUT2D eigenvalue weighted by atomic mass is 16.2. The number of hydrogen-bond donors (Lipinski definition) is 2. The van der Waals surface area contributed by atoms with E-state index in [1.54, 1.807) is 0 Å². The summed E-state index contributed by atoms with van der Waals surface area (Å²) in [7, 11) is 0. The maximum atomic E-state index is 11.1. The van der Waals surface area contributed by atoms with Crippen molar-refractivity contribution in [3.05, 3.63) is 0 Å². The second-order valence-electron chi connectivity index (χ2n) is 2.57. The topological polar surface area (TPSA) is 41.1 Å². The molecular weight excluding hydrogens is 140 g/mol. The Labute approximate surface area is 66.5 Å². The normalized spacial score (nSPS) is 22.6. The van der Waals surface area contributed by atoms with Crippen molar-refractivity contribution in [3.8, 4) is 12.3 Å². The number of carbonyl (C=O) groups is 1. The van der Waals surface area contributed by atoms with Gasteiger partial charge in [0.15, 0.2) is 0 Å². The summed E-state index contributed by atoms with van der Waals surface area (Å²) in [6.45, 7) is 1.27. The van der Waals surface area contributed by atoms with E-state index in [1.807, 2.05) is 0 Å². The van der Waals surface area contributed by atoms with Crippen molar-refractivity contribution in [1.29, 1.82) is 0 Å². The van der Waals surface area contributed by atoms with Crippen LogP contribution in [-0.2, 0) is 4.79 Å². The summed E-state index contributed by atoms with van der Waals surface area (Å²) in [5, 5.41) is 5.72. The van der Waals surface area contributed by atoms with Crippen LogP contribution in [0.4, 0.5) is 0 Å². The zero-order valence-corrected chi connectivity index (χ0v) is 6.39. The molecule has 1 atom stereocenters. The summed E-state index contributed by atoms with van der Waals surface area (Å²) in [4.78, 5) is 11.1. The molecule has 0 aromatic rings. The molecule has 1 fully saturated rings. The Hall–Kier alpha value is -1.01. The van der Waals surface area contributed by atoms with E-state index in [-0.39, 0.29) is 11.9 Å². The molecule has 60 valence electrons. The highest BCUT2D eigenvalue weighted by Crippen LogP contribution is 2.03. The second-order valence-corrected chi connectivity index (χ2v) is 2.57. The zero-order chi connectivity index (χ0) is 8.10. The van der Waals surface area contributed by atoms with E-state index < -0.39 is 0 Å². The van der Waals surface area contributed by atoms with Crippen LogP contribution < -0.4 is 10.6 Å². The number of hydrogen-bond acceptors (Lipinski definition) is 2.